The molecule has 0 aliphatic carbocycles. The van der Waals surface area contributed by atoms with Crippen LogP contribution in [0.5, 0.6) is 0 Å². The number of amides is 1. The topological polar surface area (TPSA) is 78.4 Å². The van der Waals surface area contributed by atoms with Gasteiger partial charge in [-0.2, -0.15) is 13.2 Å². The molecule has 1 aromatic carbocycles. The molecule has 0 radical (unpaired) electrons. The van der Waals surface area contributed by atoms with Gasteiger partial charge in [-0.3, -0.25) is 4.79 Å². The van der Waals surface area contributed by atoms with Gasteiger partial charge < -0.3 is 15.7 Å². The molecule has 1 heterocycles. The highest BCUT2D eigenvalue weighted by atomic mass is 35.5. The van der Waals surface area contributed by atoms with Gasteiger partial charge >= 0.3 is 12.1 Å². The lowest BCUT2D eigenvalue weighted by atomic mass is 9.95. The van der Waals surface area contributed by atoms with E-state index in [4.69, 9.17) is 21.5 Å². The molecule has 1 fully saturated rings. The summed E-state index contributed by atoms with van der Waals surface area (Å²) < 4.78 is 46.0. The molecule has 1 aromatic rings. The fraction of sp³-hybridized carbons (Fsp3) is 0.429. The minimum Gasteiger partial charge on any atom is -0.475 e. The average Bonchev–Trinajstić information content (AvgIpc) is 2.50. The zero-order valence-corrected chi connectivity index (χ0v) is 13.0. The molecule has 2 rings (SSSR count). The zero-order chi connectivity index (χ0) is 18.4. The second-order valence-electron chi connectivity index (χ2n) is 5.01. The fourth-order valence-corrected chi connectivity index (χ4v) is 1.96. The van der Waals surface area contributed by atoms with Gasteiger partial charge in [-0.05, 0) is 43.7 Å². The molecule has 134 valence electrons. The van der Waals surface area contributed by atoms with E-state index < -0.39 is 23.7 Å². The number of hydrogen-bond donors (Lipinski definition) is 3. The van der Waals surface area contributed by atoms with Gasteiger partial charge in [0.05, 0.1) is 0 Å². The molecular weight excluding hydrogens is 356 g/mol. The molecule has 1 saturated heterocycles. The minimum absolute atomic E-state index is 0.0758. The normalized spacial score (nSPS) is 20.5. The number of piperidine rings is 1. The average molecular weight is 371 g/mol. The lowest BCUT2D eigenvalue weighted by Gasteiger charge is -2.28. The van der Waals surface area contributed by atoms with Crippen LogP contribution in [0, 0.1) is 0 Å². The van der Waals surface area contributed by atoms with Crippen LogP contribution >= 0.6 is 11.6 Å². The second kappa shape index (κ2) is 8.29. The third kappa shape index (κ3) is 6.32. The van der Waals surface area contributed by atoms with Crippen LogP contribution in [0.15, 0.2) is 24.3 Å². The molecule has 24 heavy (non-hydrogen) atoms. The molecule has 1 atom stereocenters. The van der Waals surface area contributed by atoms with E-state index in [0.717, 1.165) is 6.54 Å². The van der Waals surface area contributed by atoms with Crippen molar-refractivity contribution < 1.29 is 32.3 Å². The number of carboxylic acid groups (broad SMARTS) is 1. The smallest absolute Gasteiger partial charge is 0.475 e. The van der Waals surface area contributed by atoms with Crippen molar-refractivity contribution in [2.24, 2.45) is 0 Å². The Labute approximate surface area is 140 Å². The second-order valence-corrected chi connectivity index (χ2v) is 5.45. The van der Waals surface area contributed by atoms with Gasteiger partial charge in [0, 0.05) is 17.3 Å². The van der Waals surface area contributed by atoms with Gasteiger partial charge in [0.15, 0.2) is 0 Å². The number of anilines is 1. The Balaban J connectivity index is 0.000000351. The van der Waals surface area contributed by atoms with Crippen molar-refractivity contribution in [3.8, 4) is 0 Å². The minimum atomic E-state index is -5.08. The van der Waals surface area contributed by atoms with E-state index in [1.807, 2.05) is 0 Å². The van der Waals surface area contributed by atoms with E-state index in [9.17, 15) is 22.4 Å². The molecule has 10 heteroatoms. The van der Waals surface area contributed by atoms with Crippen LogP contribution in [0.3, 0.4) is 0 Å². The Kier molecular flexibility index (Phi) is 6.97. The van der Waals surface area contributed by atoms with Crippen molar-refractivity contribution in [3.63, 3.8) is 0 Å². The van der Waals surface area contributed by atoms with Crippen molar-refractivity contribution in [1.82, 2.24) is 5.32 Å². The number of rotatable bonds is 2. The predicted molar refractivity (Wildman–Crippen MR) is 79.7 cm³/mol. The number of benzene rings is 1. The largest absolute Gasteiger partial charge is 0.490 e. The summed E-state index contributed by atoms with van der Waals surface area (Å²) in [7, 11) is 0. The lowest BCUT2D eigenvalue weighted by molar-refractivity contribution is -0.192. The van der Waals surface area contributed by atoms with Gasteiger partial charge in [0.1, 0.15) is 0 Å². The molecule has 0 bridgehead atoms. The van der Waals surface area contributed by atoms with Gasteiger partial charge in [-0.1, -0.05) is 11.6 Å². The standard InChI is InChI=1S/C12H14ClFN2O.C2HF3O2/c13-9-2-4-10(5-3-9)16-11(17)12(14)6-1-7-15-8-12;3-2(4,5)1(6)7/h2-5,15H,1,6-8H2,(H,16,17);(H,6,7). The van der Waals surface area contributed by atoms with Crippen molar-refractivity contribution in [3.05, 3.63) is 29.3 Å². The molecule has 1 amide bonds. The molecule has 0 saturated carbocycles. The van der Waals surface area contributed by atoms with Crippen LogP contribution in [0.25, 0.3) is 0 Å². The summed E-state index contributed by atoms with van der Waals surface area (Å²) in [6.07, 6.45) is -4.15. The van der Waals surface area contributed by atoms with E-state index in [2.05, 4.69) is 10.6 Å². The predicted octanol–water partition coefficient (Wildman–Crippen LogP) is 3.00. The van der Waals surface area contributed by atoms with E-state index in [1.165, 1.54) is 0 Å². The number of carbonyl (C=O) groups excluding carboxylic acids is 1. The molecule has 5 nitrogen and oxygen atoms in total. The van der Waals surface area contributed by atoms with Gasteiger partial charge in [-0.15, -0.1) is 0 Å². The number of carbonyl (C=O) groups is 2. The van der Waals surface area contributed by atoms with Gasteiger partial charge in [0.2, 0.25) is 5.67 Å². The Hall–Kier alpha value is -1.87. The fourth-order valence-electron chi connectivity index (χ4n) is 1.84. The monoisotopic (exact) mass is 370 g/mol. The van der Waals surface area contributed by atoms with Gasteiger partial charge in [0.25, 0.3) is 5.91 Å². The summed E-state index contributed by atoms with van der Waals surface area (Å²) in [6.45, 7) is 0.840. The van der Waals surface area contributed by atoms with Crippen molar-refractivity contribution in [2.45, 2.75) is 24.7 Å². The first kappa shape index (κ1) is 20.2. The summed E-state index contributed by atoms with van der Waals surface area (Å²) in [5, 5.41) is 13.2. The maximum Gasteiger partial charge on any atom is 0.490 e. The number of alkyl halides is 4. The van der Waals surface area contributed by atoms with Crippen LogP contribution in [-0.2, 0) is 9.59 Å². The Bertz CT molecular complexity index is 572. The highest BCUT2D eigenvalue weighted by molar-refractivity contribution is 6.30. The molecule has 3 N–H and O–H groups in total. The van der Waals surface area contributed by atoms with E-state index in [1.54, 1.807) is 24.3 Å². The zero-order valence-electron chi connectivity index (χ0n) is 12.3. The third-order valence-electron chi connectivity index (χ3n) is 3.08. The van der Waals surface area contributed by atoms with Crippen molar-refractivity contribution in [2.75, 3.05) is 18.4 Å². The highest BCUT2D eigenvalue weighted by Gasteiger charge is 2.40. The van der Waals surface area contributed by atoms with Crippen LogP contribution in [0.4, 0.5) is 23.2 Å². The summed E-state index contributed by atoms with van der Waals surface area (Å²) in [6, 6.07) is 6.61. The highest BCUT2D eigenvalue weighted by Crippen LogP contribution is 2.23. The number of nitrogens with one attached hydrogen (secondary N) is 2. The molecular formula is C14H15ClF4N2O3. The first-order chi connectivity index (χ1) is 11.0. The summed E-state index contributed by atoms with van der Waals surface area (Å²) in [5.74, 6) is -3.35. The number of carboxylic acids is 1. The van der Waals surface area contributed by atoms with E-state index >= 15 is 0 Å². The summed E-state index contributed by atoms with van der Waals surface area (Å²) in [5.41, 5.74) is -1.25. The van der Waals surface area contributed by atoms with Crippen molar-refractivity contribution >= 4 is 29.2 Å². The maximum atomic E-state index is 14.2. The van der Waals surface area contributed by atoms with Crippen LogP contribution in [0.1, 0.15) is 12.8 Å². The first-order valence-corrected chi connectivity index (χ1v) is 7.19. The molecule has 1 aliphatic rings. The summed E-state index contributed by atoms with van der Waals surface area (Å²) >= 11 is 5.73. The SMILES string of the molecule is O=C(Nc1ccc(Cl)cc1)C1(F)CCCNC1.O=C(O)C(F)(F)F. The van der Waals surface area contributed by atoms with Crippen LogP contribution in [0.2, 0.25) is 5.02 Å². The Morgan fingerprint density at radius 3 is 2.21 bits per heavy atom. The molecule has 0 aromatic heterocycles. The lowest BCUT2D eigenvalue weighted by Crippen LogP contribution is -2.50. The Morgan fingerprint density at radius 2 is 1.79 bits per heavy atom. The number of aliphatic carboxylic acids is 1. The number of hydrogen-bond acceptors (Lipinski definition) is 3. The maximum absolute atomic E-state index is 14.2. The van der Waals surface area contributed by atoms with Crippen molar-refractivity contribution in [1.29, 1.82) is 0 Å². The third-order valence-corrected chi connectivity index (χ3v) is 3.34. The van der Waals surface area contributed by atoms with E-state index in [0.29, 0.717) is 17.1 Å². The molecule has 1 unspecified atom stereocenters. The quantitative estimate of drug-likeness (QED) is 0.699. The molecule has 0 spiro atoms. The van der Waals surface area contributed by atoms with Gasteiger partial charge in [-0.25, -0.2) is 9.18 Å². The van der Waals surface area contributed by atoms with E-state index in [-0.39, 0.29) is 13.0 Å². The van der Waals surface area contributed by atoms with Crippen LogP contribution in [-0.4, -0.2) is 41.9 Å². The Morgan fingerprint density at radius 1 is 1.25 bits per heavy atom. The molecule has 1 aliphatic heterocycles. The van der Waals surface area contributed by atoms with Crippen LogP contribution < -0.4 is 10.6 Å². The summed E-state index contributed by atoms with van der Waals surface area (Å²) in [4.78, 5) is 20.7. The first-order valence-electron chi connectivity index (χ1n) is 6.81. The number of halogens is 5.